The number of carbonyl (C=O) groups excluding carboxylic acids is 3. The van der Waals surface area contributed by atoms with Crippen molar-refractivity contribution in [2.75, 3.05) is 13.2 Å². The van der Waals surface area contributed by atoms with Gasteiger partial charge in [0.2, 0.25) is 0 Å². The van der Waals surface area contributed by atoms with Crippen molar-refractivity contribution in [3.8, 4) is 0 Å². The van der Waals surface area contributed by atoms with Crippen molar-refractivity contribution >= 4 is 17.9 Å². The molecule has 358 valence electrons. The van der Waals surface area contributed by atoms with Gasteiger partial charge in [-0.05, 0) is 64.2 Å². The van der Waals surface area contributed by atoms with E-state index in [1.54, 1.807) is 0 Å². The van der Waals surface area contributed by atoms with E-state index in [-0.39, 0.29) is 31.1 Å². The van der Waals surface area contributed by atoms with Gasteiger partial charge < -0.3 is 14.2 Å². The first kappa shape index (κ1) is 58.9. The maximum atomic E-state index is 12.8. The van der Waals surface area contributed by atoms with Crippen LogP contribution in [0.15, 0.2) is 24.3 Å². The monoisotopic (exact) mass is 859 g/mol. The Bertz CT molecular complexity index is 989. The molecule has 0 radical (unpaired) electrons. The SMILES string of the molecule is CCCC/C=C\CCCCCCCC(=O)OC[C@@H](COC(=O)CCCCCCCCCCC/C=C\CCCCCCCC)OC(=O)CCCCCCCCCCCCCCC. The molecule has 0 rings (SSSR count). The van der Waals surface area contributed by atoms with Gasteiger partial charge in [0, 0.05) is 19.3 Å². The Morgan fingerprint density at radius 3 is 0.869 bits per heavy atom. The lowest BCUT2D eigenvalue weighted by Gasteiger charge is -2.18. The Hall–Kier alpha value is -2.11. The van der Waals surface area contributed by atoms with Crippen LogP contribution in [0.5, 0.6) is 0 Å². The summed E-state index contributed by atoms with van der Waals surface area (Å²) in [6.45, 7) is 6.62. The summed E-state index contributed by atoms with van der Waals surface area (Å²) in [7, 11) is 0. The predicted molar refractivity (Wildman–Crippen MR) is 261 cm³/mol. The second kappa shape index (κ2) is 50.5. The van der Waals surface area contributed by atoms with E-state index in [4.69, 9.17) is 14.2 Å². The number of hydrogen-bond acceptors (Lipinski definition) is 6. The van der Waals surface area contributed by atoms with Crippen LogP contribution in [0.1, 0.15) is 290 Å². The molecule has 6 heteroatoms. The zero-order valence-electron chi connectivity index (χ0n) is 40.9. The first-order chi connectivity index (χ1) is 30.0. The van der Waals surface area contributed by atoms with Crippen molar-refractivity contribution < 1.29 is 28.6 Å². The largest absolute Gasteiger partial charge is 0.462 e. The van der Waals surface area contributed by atoms with Crippen molar-refractivity contribution in [1.29, 1.82) is 0 Å². The van der Waals surface area contributed by atoms with Gasteiger partial charge >= 0.3 is 17.9 Å². The number of allylic oxidation sites excluding steroid dienone is 4. The van der Waals surface area contributed by atoms with Gasteiger partial charge in [-0.15, -0.1) is 0 Å². The van der Waals surface area contributed by atoms with Crippen LogP contribution in [-0.2, 0) is 28.6 Å². The number of rotatable bonds is 49. The fourth-order valence-corrected chi connectivity index (χ4v) is 7.83. The number of ether oxygens (including phenoxy) is 3. The molecule has 1 atom stereocenters. The van der Waals surface area contributed by atoms with Gasteiger partial charge in [0.15, 0.2) is 6.10 Å². The fourth-order valence-electron chi connectivity index (χ4n) is 7.83. The van der Waals surface area contributed by atoms with Crippen LogP contribution in [0.2, 0.25) is 0 Å². The molecule has 0 fully saturated rings. The molecule has 0 aliphatic rings. The first-order valence-electron chi connectivity index (χ1n) is 26.8. The van der Waals surface area contributed by atoms with Crippen LogP contribution in [0, 0.1) is 0 Å². The zero-order valence-corrected chi connectivity index (χ0v) is 40.9. The van der Waals surface area contributed by atoms with Crippen molar-refractivity contribution in [2.24, 2.45) is 0 Å². The van der Waals surface area contributed by atoms with E-state index < -0.39 is 6.10 Å². The lowest BCUT2D eigenvalue weighted by atomic mass is 10.0. The smallest absolute Gasteiger partial charge is 0.306 e. The van der Waals surface area contributed by atoms with Crippen molar-refractivity contribution in [1.82, 2.24) is 0 Å². The molecule has 0 aromatic carbocycles. The minimum Gasteiger partial charge on any atom is -0.462 e. The summed E-state index contributed by atoms with van der Waals surface area (Å²) in [6, 6.07) is 0. The molecule has 0 saturated carbocycles. The molecule has 6 nitrogen and oxygen atoms in total. The van der Waals surface area contributed by atoms with E-state index in [1.807, 2.05) is 0 Å². The van der Waals surface area contributed by atoms with Gasteiger partial charge in [-0.1, -0.05) is 231 Å². The summed E-state index contributed by atoms with van der Waals surface area (Å²) >= 11 is 0. The Kier molecular flexibility index (Phi) is 48.8. The third kappa shape index (κ3) is 48.8. The molecule has 0 aliphatic heterocycles. The Morgan fingerprint density at radius 1 is 0.311 bits per heavy atom. The minimum atomic E-state index is -0.770. The second-order valence-electron chi connectivity index (χ2n) is 18.1. The molecular formula is C55H102O6. The third-order valence-corrected chi connectivity index (χ3v) is 11.9. The number of hydrogen-bond donors (Lipinski definition) is 0. The number of esters is 3. The lowest BCUT2D eigenvalue weighted by molar-refractivity contribution is -0.167. The highest BCUT2D eigenvalue weighted by Gasteiger charge is 2.19. The van der Waals surface area contributed by atoms with Crippen LogP contribution >= 0.6 is 0 Å². The normalized spacial score (nSPS) is 12.1. The Balaban J connectivity index is 4.28. The molecule has 0 aliphatic carbocycles. The molecule has 0 N–H and O–H groups in total. The predicted octanol–water partition coefficient (Wildman–Crippen LogP) is 17.5. The standard InChI is InChI=1S/C55H102O6/c1-4-7-10-13-16-19-22-24-25-26-27-28-29-31-33-36-39-42-45-48-54(57)60-51-52(50-59-53(56)47-44-41-38-35-32-21-18-15-12-9-6-3)61-55(58)49-46-43-40-37-34-30-23-20-17-14-11-8-5-2/h15,18,24-25,52H,4-14,16-17,19-23,26-51H2,1-3H3/b18-15-,25-24-/t52-/m0/s1. The quantitative estimate of drug-likeness (QED) is 0.0262. The first-order valence-corrected chi connectivity index (χ1v) is 26.8. The molecule has 0 saturated heterocycles. The second-order valence-corrected chi connectivity index (χ2v) is 18.1. The molecule has 0 aromatic heterocycles. The minimum absolute atomic E-state index is 0.0712. The highest BCUT2D eigenvalue weighted by molar-refractivity contribution is 5.71. The summed E-state index contributed by atoms with van der Waals surface area (Å²) < 4.78 is 16.8. The Labute approximate surface area is 379 Å². The average molecular weight is 859 g/mol. The van der Waals surface area contributed by atoms with Crippen molar-refractivity contribution in [3.05, 3.63) is 24.3 Å². The number of unbranched alkanes of at least 4 members (excludes halogenated alkanes) is 34. The zero-order chi connectivity index (χ0) is 44.4. The van der Waals surface area contributed by atoms with Crippen molar-refractivity contribution in [2.45, 2.75) is 297 Å². The van der Waals surface area contributed by atoms with E-state index in [2.05, 4.69) is 45.1 Å². The van der Waals surface area contributed by atoms with E-state index >= 15 is 0 Å². The molecular weight excluding hydrogens is 757 g/mol. The van der Waals surface area contributed by atoms with E-state index in [9.17, 15) is 14.4 Å². The fraction of sp³-hybridized carbons (Fsp3) is 0.873. The molecule has 0 bridgehead atoms. The van der Waals surface area contributed by atoms with E-state index in [0.29, 0.717) is 19.3 Å². The van der Waals surface area contributed by atoms with Crippen LogP contribution in [0.25, 0.3) is 0 Å². The highest BCUT2D eigenvalue weighted by atomic mass is 16.6. The maximum Gasteiger partial charge on any atom is 0.306 e. The lowest BCUT2D eigenvalue weighted by Crippen LogP contribution is -2.30. The van der Waals surface area contributed by atoms with Crippen LogP contribution < -0.4 is 0 Å². The molecule has 0 unspecified atom stereocenters. The maximum absolute atomic E-state index is 12.8. The van der Waals surface area contributed by atoms with Gasteiger partial charge in [-0.25, -0.2) is 0 Å². The van der Waals surface area contributed by atoms with Crippen LogP contribution in [0.3, 0.4) is 0 Å². The van der Waals surface area contributed by atoms with Gasteiger partial charge in [0.25, 0.3) is 0 Å². The third-order valence-electron chi connectivity index (χ3n) is 11.9. The van der Waals surface area contributed by atoms with Gasteiger partial charge in [-0.2, -0.15) is 0 Å². The average Bonchev–Trinajstić information content (AvgIpc) is 3.26. The van der Waals surface area contributed by atoms with E-state index in [1.165, 1.54) is 186 Å². The van der Waals surface area contributed by atoms with Crippen molar-refractivity contribution in [3.63, 3.8) is 0 Å². The molecule has 0 spiro atoms. The summed E-state index contributed by atoms with van der Waals surface area (Å²) in [5, 5.41) is 0. The van der Waals surface area contributed by atoms with Gasteiger partial charge in [0.05, 0.1) is 0 Å². The molecule has 0 aromatic rings. The number of carbonyl (C=O) groups is 3. The Morgan fingerprint density at radius 2 is 0.557 bits per heavy atom. The molecule has 0 heterocycles. The molecule has 61 heavy (non-hydrogen) atoms. The van der Waals surface area contributed by atoms with Gasteiger partial charge in [0.1, 0.15) is 13.2 Å². The van der Waals surface area contributed by atoms with Crippen LogP contribution in [-0.4, -0.2) is 37.2 Å². The topological polar surface area (TPSA) is 78.9 Å². The summed E-state index contributed by atoms with van der Waals surface area (Å²) in [4.78, 5) is 37.9. The van der Waals surface area contributed by atoms with Gasteiger partial charge in [-0.3, -0.25) is 14.4 Å². The summed E-state index contributed by atoms with van der Waals surface area (Å²) in [6.07, 6.45) is 57.3. The highest BCUT2D eigenvalue weighted by Crippen LogP contribution is 2.16. The summed E-state index contributed by atoms with van der Waals surface area (Å²) in [5.41, 5.74) is 0. The molecule has 0 amide bonds. The summed E-state index contributed by atoms with van der Waals surface area (Å²) in [5.74, 6) is -0.869. The van der Waals surface area contributed by atoms with E-state index in [0.717, 1.165) is 64.2 Å². The van der Waals surface area contributed by atoms with Crippen LogP contribution in [0.4, 0.5) is 0 Å².